The highest BCUT2D eigenvalue weighted by Gasteiger charge is 2.35. The fourth-order valence-electron chi connectivity index (χ4n) is 3.36. The van der Waals surface area contributed by atoms with E-state index >= 15 is 0 Å². The lowest BCUT2D eigenvalue weighted by Gasteiger charge is -2.24. The van der Waals surface area contributed by atoms with Crippen LogP contribution in [-0.2, 0) is 16.1 Å². The smallest absolute Gasteiger partial charge is 0.254 e. The normalized spacial score (nSPS) is 18.7. The second-order valence-corrected chi connectivity index (χ2v) is 7.15. The van der Waals surface area contributed by atoms with Crippen molar-refractivity contribution in [2.24, 2.45) is 5.92 Å². The van der Waals surface area contributed by atoms with Crippen LogP contribution in [0, 0.1) is 5.92 Å². The number of rotatable bonds is 6. The lowest BCUT2D eigenvalue weighted by atomic mass is 10.1. The summed E-state index contributed by atoms with van der Waals surface area (Å²) in [6.07, 6.45) is 6.22. The Labute approximate surface area is 162 Å². The molecule has 2 aliphatic rings. The molecule has 1 unspecified atom stereocenters. The molecule has 0 aromatic carbocycles. The van der Waals surface area contributed by atoms with E-state index in [0.29, 0.717) is 30.1 Å². The van der Waals surface area contributed by atoms with Crippen LogP contribution in [0.2, 0.25) is 0 Å². The fraction of sp³-hybridized carbons (Fsp3) is 0.400. The number of furan rings is 1. The van der Waals surface area contributed by atoms with Gasteiger partial charge in [-0.2, -0.15) is 0 Å². The summed E-state index contributed by atoms with van der Waals surface area (Å²) < 4.78 is 5.22. The Morgan fingerprint density at radius 3 is 2.79 bits per heavy atom. The molecular formula is C20H22N4O4. The van der Waals surface area contributed by atoms with E-state index in [1.807, 2.05) is 0 Å². The number of pyridine rings is 1. The summed E-state index contributed by atoms with van der Waals surface area (Å²) in [5, 5.41) is 5.57. The monoisotopic (exact) mass is 382 g/mol. The molecule has 2 fully saturated rings. The van der Waals surface area contributed by atoms with E-state index in [9.17, 15) is 14.4 Å². The van der Waals surface area contributed by atoms with Gasteiger partial charge in [-0.25, -0.2) is 4.98 Å². The molecule has 4 rings (SSSR count). The Balaban J connectivity index is 1.41. The van der Waals surface area contributed by atoms with Crippen LogP contribution in [-0.4, -0.2) is 40.2 Å². The first-order chi connectivity index (χ1) is 13.6. The van der Waals surface area contributed by atoms with Crippen LogP contribution in [0.3, 0.4) is 0 Å². The van der Waals surface area contributed by atoms with Gasteiger partial charge in [0.1, 0.15) is 17.6 Å². The van der Waals surface area contributed by atoms with Crippen molar-refractivity contribution >= 4 is 23.5 Å². The van der Waals surface area contributed by atoms with Gasteiger partial charge in [-0.1, -0.05) is 0 Å². The van der Waals surface area contributed by atoms with Crippen molar-refractivity contribution in [1.29, 1.82) is 0 Å². The van der Waals surface area contributed by atoms with E-state index in [1.54, 1.807) is 35.4 Å². The third kappa shape index (κ3) is 4.05. The molecule has 2 aromatic rings. The van der Waals surface area contributed by atoms with Crippen LogP contribution >= 0.6 is 0 Å². The summed E-state index contributed by atoms with van der Waals surface area (Å²) in [5.74, 6) is 0.587. The van der Waals surface area contributed by atoms with E-state index in [-0.39, 0.29) is 30.2 Å². The van der Waals surface area contributed by atoms with Gasteiger partial charge in [0.25, 0.3) is 5.91 Å². The van der Waals surface area contributed by atoms with E-state index in [4.69, 9.17) is 4.42 Å². The van der Waals surface area contributed by atoms with Crippen LogP contribution in [0.4, 0.5) is 5.82 Å². The Hall–Kier alpha value is -3.16. The number of hydrogen-bond acceptors (Lipinski definition) is 5. The molecule has 2 aromatic heterocycles. The first-order valence-electron chi connectivity index (χ1n) is 9.50. The van der Waals surface area contributed by atoms with Gasteiger partial charge in [-0.15, -0.1) is 0 Å². The van der Waals surface area contributed by atoms with E-state index in [2.05, 4.69) is 15.6 Å². The van der Waals surface area contributed by atoms with Gasteiger partial charge in [0, 0.05) is 24.2 Å². The van der Waals surface area contributed by atoms with Gasteiger partial charge in [0.2, 0.25) is 11.8 Å². The van der Waals surface area contributed by atoms with Crippen LogP contribution < -0.4 is 10.6 Å². The summed E-state index contributed by atoms with van der Waals surface area (Å²) in [4.78, 5) is 43.1. The van der Waals surface area contributed by atoms with E-state index < -0.39 is 6.04 Å². The topological polar surface area (TPSA) is 105 Å². The maximum absolute atomic E-state index is 13.0. The molecule has 146 valence electrons. The molecule has 1 aliphatic carbocycles. The minimum Gasteiger partial charge on any atom is -0.467 e. The molecule has 0 radical (unpaired) electrons. The van der Waals surface area contributed by atoms with Gasteiger partial charge in [-0.05, 0) is 49.9 Å². The quantitative estimate of drug-likeness (QED) is 0.795. The highest BCUT2D eigenvalue weighted by molar-refractivity contribution is 5.99. The Bertz CT molecular complexity index is 876. The van der Waals surface area contributed by atoms with Crippen molar-refractivity contribution in [1.82, 2.24) is 15.2 Å². The van der Waals surface area contributed by atoms with Gasteiger partial charge in [0.15, 0.2) is 0 Å². The highest BCUT2D eigenvalue weighted by Crippen LogP contribution is 2.30. The lowest BCUT2D eigenvalue weighted by Crippen LogP contribution is -2.45. The molecule has 8 heteroatoms. The number of amides is 3. The highest BCUT2D eigenvalue weighted by atomic mass is 16.3. The van der Waals surface area contributed by atoms with Crippen LogP contribution in [0.5, 0.6) is 0 Å². The predicted molar refractivity (Wildman–Crippen MR) is 100 cm³/mol. The molecule has 0 spiro atoms. The number of anilines is 1. The Morgan fingerprint density at radius 2 is 2.04 bits per heavy atom. The number of aromatic nitrogens is 1. The van der Waals surface area contributed by atoms with Gasteiger partial charge in [-0.3, -0.25) is 14.4 Å². The zero-order valence-corrected chi connectivity index (χ0v) is 15.4. The van der Waals surface area contributed by atoms with E-state index in [0.717, 1.165) is 19.3 Å². The van der Waals surface area contributed by atoms with Crippen LogP contribution in [0.25, 0.3) is 0 Å². The van der Waals surface area contributed by atoms with Crippen molar-refractivity contribution < 1.29 is 18.8 Å². The van der Waals surface area contributed by atoms with Crippen molar-refractivity contribution in [3.8, 4) is 0 Å². The minimum atomic E-state index is -0.514. The predicted octanol–water partition coefficient (Wildman–Crippen LogP) is 1.94. The first-order valence-corrected chi connectivity index (χ1v) is 9.50. The summed E-state index contributed by atoms with van der Waals surface area (Å²) in [6, 6.07) is 6.20. The number of nitrogens with zero attached hydrogens (tertiary/aromatic N) is 2. The molecule has 2 N–H and O–H groups in total. The minimum absolute atomic E-state index is 0.0574. The number of carbonyl (C=O) groups excluding carboxylic acids is 3. The molecule has 1 saturated heterocycles. The third-order valence-corrected chi connectivity index (χ3v) is 5.04. The standard InChI is InChI=1S/C20H22N4O4/c25-18(13-5-6-13)23-17-11-14(7-8-21-17)20(27)24-9-1-4-16(24)19(26)22-12-15-3-2-10-28-15/h2-3,7-8,10-11,13,16H,1,4-6,9,12H2,(H,22,26)(H,21,23,25). The van der Waals surface area contributed by atoms with E-state index in [1.165, 1.54) is 6.20 Å². The number of nitrogens with one attached hydrogen (secondary N) is 2. The maximum atomic E-state index is 13.0. The largest absolute Gasteiger partial charge is 0.467 e. The molecule has 1 saturated carbocycles. The Morgan fingerprint density at radius 1 is 1.18 bits per heavy atom. The number of hydrogen-bond donors (Lipinski definition) is 2. The molecule has 3 heterocycles. The molecule has 8 nitrogen and oxygen atoms in total. The first kappa shape index (κ1) is 18.2. The summed E-state index contributed by atoms with van der Waals surface area (Å²) in [7, 11) is 0. The Kier molecular flexibility index (Phi) is 5.10. The van der Waals surface area contributed by atoms with Crippen molar-refractivity contribution in [2.75, 3.05) is 11.9 Å². The second-order valence-electron chi connectivity index (χ2n) is 7.15. The van der Waals surface area contributed by atoms with Gasteiger partial charge >= 0.3 is 0 Å². The summed E-state index contributed by atoms with van der Waals surface area (Å²) >= 11 is 0. The average Bonchev–Trinajstić information content (AvgIpc) is 3.22. The lowest BCUT2D eigenvalue weighted by molar-refractivity contribution is -0.125. The number of carbonyl (C=O) groups is 3. The summed E-state index contributed by atoms with van der Waals surface area (Å²) in [5.41, 5.74) is 0.409. The second kappa shape index (κ2) is 7.84. The van der Waals surface area contributed by atoms with Crippen LogP contribution in [0.1, 0.15) is 41.8 Å². The maximum Gasteiger partial charge on any atom is 0.254 e. The fourth-order valence-corrected chi connectivity index (χ4v) is 3.36. The molecule has 28 heavy (non-hydrogen) atoms. The number of likely N-dealkylation sites (tertiary alicyclic amines) is 1. The zero-order chi connectivity index (χ0) is 19.5. The molecule has 1 atom stereocenters. The zero-order valence-electron chi connectivity index (χ0n) is 15.4. The molecule has 1 aliphatic heterocycles. The van der Waals surface area contributed by atoms with Crippen molar-refractivity contribution in [3.05, 3.63) is 48.0 Å². The third-order valence-electron chi connectivity index (χ3n) is 5.04. The van der Waals surface area contributed by atoms with Gasteiger partial charge in [0.05, 0.1) is 12.8 Å². The average molecular weight is 382 g/mol. The van der Waals surface area contributed by atoms with Crippen LogP contribution in [0.15, 0.2) is 41.1 Å². The molecule has 3 amide bonds. The molecule has 0 bridgehead atoms. The van der Waals surface area contributed by atoms with Crippen molar-refractivity contribution in [2.45, 2.75) is 38.3 Å². The van der Waals surface area contributed by atoms with Gasteiger partial charge < -0.3 is 20.0 Å². The van der Waals surface area contributed by atoms with Crippen molar-refractivity contribution in [3.63, 3.8) is 0 Å². The molecular weight excluding hydrogens is 360 g/mol. The SMILES string of the molecule is O=C(Nc1cc(C(=O)N2CCCC2C(=O)NCc2ccco2)ccn1)C1CC1. The summed E-state index contributed by atoms with van der Waals surface area (Å²) in [6.45, 7) is 0.806.